The highest BCUT2D eigenvalue weighted by Crippen LogP contribution is 2.43. The highest BCUT2D eigenvalue weighted by Gasteiger charge is 2.49. The number of hydrogen-bond acceptors (Lipinski definition) is 7. The number of halogens is 1. The average Bonchev–Trinajstić information content (AvgIpc) is 3.18. The summed E-state index contributed by atoms with van der Waals surface area (Å²) in [4.78, 5) is 0. The molecule has 0 saturated carbocycles. The predicted octanol–water partition coefficient (Wildman–Crippen LogP) is 8.83. The van der Waals surface area contributed by atoms with Crippen molar-refractivity contribution in [2.24, 2.45) is 0 Å². The van der Waals surface area contributed by atoms with Gasteiger partial charge in [0.15, 0.2) is 0 Å². The Kier molecular flexibility index (Phi) is 13.3. The van der Waals surface area contributed by atoms with Gasteiger partial charge in [-0.2, -0.15) is 5.26 Å². The molecule has 5 atom stereocenters. The lowest BCUT2D eigenvalue weighted by molar-refractivity contribution is -0.275. The monoisotopic (exact) mass is 703 g/mol. The van der Waals surface area contributed by atoms with Crippen LogP contribution >= 0.6 is 11.6 Å². The molecule has 5 aromatic rings. The number of hydrogen-bond donors (Lipinski definition) is 0. The van der Waals surface area contributed by atoms with Crippen LogP contribution in [0.2, 0.25) is 5.02 Å². The Morgan fingerprint density at radius 1 is 0.627 bits per heavy atom. The predicted molar refractivity (Wildman–Crippen MR) is 196 cm³/mol. The highest BCUT2D eigenvalue weighted by molar-refractivity contribution is 6.31. The van der Waals surface area contributed by atoms with Gasteiger partial charge in [-0.05, 0) is 39.9 Å². The second-order valence-corrected chi connectivity index (χ2v) is 12.8. The second kappa shape index (κ2) is 18.6. The van der Waals surface area contributed by atoms with Crippen LogP contribution in [0.25, 0.3) is 0 Å². The zero-order chi connectivity index (χ0) is 35.3. The van der Waals surface area contributed by atoms with Crippen molar-refractivity contribution in [1.82, 2.24) is 0 Å². The van der Waals surface area contributed by atoms with E-state index in [2.05, 4.69) is 6.07 Å². The van der Waals surface area contributed by atoms with Gasteiger partial charge in [-0.25, -0.2) is 0 Å². The molecule has 0 aliphatic carbocycles. The summed E-state index contributed by atoms with van der Waals surface area (Å²) in [5.41, 5.74) is 5.46. The third-order valence-electron chi connectivity index (χ3n) is 8.86. The molecule has 0 radical (unpaired) electrons. The molecule has 8 heteroatoms. The molecule has 1 aliphatic rings. The van der Waals surface area contributed by atoms with Crippen molar-refractivity contribution in [3.8, 4) is 11.8 Å². The Hall–Kier alpha value is -4.52. The fraction of sp³-hybridized carbons (Fsp3) is 0.279. The molecule has 1 aliphatic heterocycles. The van der Waals surface area contributed by atoms with Crippen molar-refractivity contribution in [3.63, 3.8) is 0 Å². The largest absolute Gasteiger partial charge is 0.496 e. The molecular weight excluding hydrogens is 662 g/mol. The first-order valence-corrected chi connectivity index (χ1v) is 17.5. The van der Waals surface area contributed by atoms with Gasteiger partial charge < -0.3 is 28.4 Å². The normalized spacial score (nSPS) is 20.1. The van der Waals surface area contributed by atoms with Crippen LogP contribution in [0.3, 0.4) is 0 Å². The molecule has 5 aromatic carbocycles. The summed E-state index contributed by atoms with van der Waals surface area (Å²) in [7, 11) is 1.59. The Labute approximate surface area is 305 Å². The second-order valence-electron chi connectivity index (χ2n) is 12.4. The molecule has 0 aromatic heterocycles. The van der Waals surface area contributed by atoms with Gasteiger partial charge in [0.1, 0.15) is 36.3 Å². The van der Waals surface area contributed by atoms with Crippen LogP contribution in [0.1, 0.15) is 39.5 Å². The minimum atomic E-state index is -0.693. The van der Waals surface area contributed by atoms with E-state index < -0.39 is 30.5 Å². The third-order valence-corrected chi connectivity index (χ3v) is 9.21. The Morgan fingerprint density at radius 3 is 1.59 bits per heavy atom. The van der Waals surface area contributed by atoms with Crippen molar-refractivity contribution in [2.45, 2.75) is 63.4 Å². The summed E-state index contributed by atoms with van der Waals surface area (Å²) < 4.78 is 39.8. The van der Waals surface area contributed by atoms with Crippen LogP contribution in [0, 0.1) is 11.3 Å². The van der Waals surface area contributed by atoms with Crippen LogP contribution in [0.5, 0.6) is 5.75 Å². The Bertz CT molecular complexity index is 1820. The Balaban J connectivity index is 1.41. The smallest absolute Gasteiger partial charge is 0.126 e. The van der Waals surface area contributed by atoms with Crippen LogP contribution < -0.4 is 4.74 Å². The molecule has 1 saturated heterocycles. The minimum Gasteiger partial charge on any atom is -0.496 e. The lowest BCUT2D eigenvalue weighted by Crippen LogP contribution is -2.58. The van der Waals surface area contributed by atoms with Crippen molar-refractivity contribution in [3.05, 3.63) is 172 Å². The fourth-order valence-electron chi connectivity index (χ4n) is 6.28. The van der Waals surface area contributed by atoms with E-state index in [0.717, 1.165) is 22.3 Å². The maximum absolute atomic E-state index is 9.63. The molecule has 1 heterocycles. The number of rotatable bonds is 16. The van der Waals surface area contributed by atoms with E-state index in [1.807, 2.05) is 127 Å². The summed E-state index contributed by atoms with van der Waals surface area (Å²) in [5, 5.41) is 10.1. The van der Waals surface area contributed by atoms with Crippen molar-refractivity contribution in [2.75, 3.05) is 13.7 Å². The van der Waals surface area contributed by atoms with E-state index in [1.165, 1.54) is 0 Å². The fourth-order valence-corrected chi connectivity index (χ4v) is 6.50. The number of nitrogens with zero attached hydrogens (tertiary/aromatic N) is 1. The molecule has 0 bridgehead atoms. The van der Waals surface area contributed by atoms with E-state index in [1.54, 1.807) is 13.2 Å². The molecule has 6 rings (SSSR count). The van der Waals surface area contributed by atoms with E-state index in [9.17, 15) is 5.26 Å². The van der Waals surface area contributed by atoms with Crippen LogP contribution in [0.15, 0.2) is 133 Å². The topological polar surface area (TPSA) is 79.2 Å². The maximum atomic E-state index is 9.63. The molecule has 262 valence electrons. The van der Waals surface area contributed by atoms with Gasteiger partial charge in [0.2, 0.25) is 0 Å². The van der Waals surface area contributed by atoms with E-state index in [0.29, 0.717) is 48.3 Å². The molecule has 0 spiro atoms. The van der Waals surface area contributed by atoms with Crippen molar-refractivity contribution >= 4 is 11.6 Å². The molecule has 5 unspecified atom stereocenters. The number of methoxy groups -OCH3 is 1. The molecular formula is C43H42ClNO6. The lowest BCUT2D eigenvalue weighted by atomic mass is 9.89. The number of ether oxygens (including phenoxy) is 6. The van der Waals surface area contributed by atoms with Gasteiger partial charge >= 0.3 is 0 Å². The highest BCUT2D eigenvalue weighted by atomic mass is 35.5. The molecule has 51 heavy (non-hydrogen) atoms. The quantitative estimate of drug-likeness (QED) is 0.102. The van der Waals surface area contributed by atoms with E-state index in [4.69, 9.17) is 40.0 Å². The molecule has 0 amide bonds. The minimum absolute atomic E-state index is 0.123. The van der Waals surface area contributed by atoms with Crippen LogP contribution in [-0.2, 0) is 56.5 Å². The van der Waals surface area contributed by atoms with Crippen LogP contribution in [-0.4, -0.2) is 38.1 Å². The molecule has 0 N–H and O–H groups in total. The van der Waals surface area contributed by atoms with Crippen molar-refractivity contribution < 1.29 is 28.4 Å². The zero-order valence-corrected chi connectivity index (χ0v) is 29.4. The lowest BCUT2D eigenvalue weighted by Gasteiger charge is -2.46. The summed E-state index contributed by atoms with van der Waals surface area (Å²) in [6.45, 7) is 1.59. The first-order chi connectivity index (χ1) is 25.1. The summed E-state index contributed by atoms with van der Waals surface area (Å²) in [5.74, 6) is 0.523. The van der Waals surface area contributed by atoms with Crippen molar-refractivity contribution in [1.29, 1.82) is 5.26 Å². The van der Waals surface area contributed by atoms with E-state index >= 15 is 0 Å². The number of benzene rings is 5. The Morgan fingerprint density at radius 2 is 1.10 bits per heavy atom. The first-order valence-electron chi connectivity index (χ1n) is 17.1. The molecule has 1 fully saturated rings. The molecule has 7 nitrogen and oxygen atoms in total. The summed E-state index contributed by atoms with van der Waals surface area (Å²) >= 11 is 6.63. The van der Waals surface area contributed by atoms with Gasteiger partial charge in [-0.1, -0.05) is 133 Å². The van der Waals surface area contributed by atoms with Gasteiger partial charge in [0.25, 0.3) is 0 Å². The maximum Gasteiger partial charge on any atom is 0.126 e. The average molecular weight is 704 g/mol. The SMILES string of the molecule is COc1cc(Cl)c(CC#N)cc1C1OC(COCc2ccccc2)C(OCc2ccccc2)C(OCc2ccccc2)C1OCc1ccccc1. The zero-order valence-electron chi connectivity index (χ0n) is 28.6. The van der Waals surface area contributed by atoms with Gasteiger partial charge in [0, 0.05) is 10.6 Å². The van der Waals surface area contributed by atoms with Gasteiger partial charge in [-0.15, -0.1) is 0 Å². The van der Waals surface area contributed by atoms with E-state index in [-0.39, 0.29) is 13.0 Å². The summed E-state index contributed by atoms with van der Waals surface area (Å²) in [6.07, 6.45) is -3.00. The van der Waals surface area contributed by atoms with Gasteiger partial charge in [-0.3, -0.25) is 0 Å². The standard InChI is InChI=1S/C43H42ClNO6/c1-46-38-25-37(44)35(22-23-45)24-36(38)40-42(49-28-33-18-10-4-11-19-33)43(50-29-34-20-12-5-13-21-34)41(48-27-32-16-8-3-9-17-32)39(51-40)30-47-26-31-14-6-2-7-15-31/h2-21,24-25,39-43H,22,26-30H2,1H3. The van der Waals surface area contributed by atoms with Gasteiger partial charge in [0.05, 0.1) is 52.6 Å². The third kappa shape index (κ3) is 9.84. The number of nitriles is 1. The summed E-state index contributed by atoms with van der Waals surface area (Å²) in [6, 6.07) is 45.9. The van der Waals surface area contributed by atoms with Crippen LogP contribution in [0.4, 0.5) is 0 Å². The first kappa shape index (κ1) is 36.3.